The lowest BCUT2D eigenvalue weighted by Gasteiger charge is -2.10. The third-order valence-electron chi connectivity index (χ3n) is 5.11. The molecule has 3 heterocycles. The molecular weight excluding hydrogens is 344 g/mol. The van der Waals surface area contributed by atoms with Crippen LogP contribution in [-0.4, -0.2) is 9.97 Å². The van der Waals surface area contributed by atoms with Crippen LogP contribution in [0.1, 0.15) is 20.9 Å². The van der Waals surface area contributed by atoms with Crippen molar-refractivity contribution in [3.05, 3.63) is 83.7 Å². The molecule has 0 spiro atoms. The van der Waals surface area contributed by atoms with E-state index in [2.05, 4.69) is 9.97 Å². The maximum absolute atomic E-state index is 8.01. The second-order valence-electron chi connectivity index (χ2n) is 7.05. The Labute approximate surface area is 167 Å². The summed E-state index contributed by atoms with van der Waals surface area (Å²) in [5, 5.41) is 1.90. The Hall–Kier alpha value is -3.46. The van der Waals surface area contributed by atoms with Gasteiger partial charge in [0.1, 0.15) is 5.58 Å². The summed E-state index contributed by atoms with van der Waals surface area (Å²) in [5.41, 5.74) is 6.55. The summed E-state index contributed by atoms with van der Waals surface area (Å²) in [6.45, 7) is 1.66. The molecule has 5 aromatic rings. The molecule has 0 fully saturated rings. The molecule has 0 saturated heterocycles. The van der Waals surface area contributed by atoms with E-state index >= 15 is 0 Å². The quantitative estimate of drug-likeness (QED) is 0.351. The van der Waals surface area contributed by atoms with E-state index in [1.54, 1.807) is 0 Å². The van der Waals surface area contributed by atoms with Gasteiger partial charge in [-0.05, 0) is 73.3 Å². The number of hydrogen-bond acceptors (Lipinski definition) is 3. The molecule has 3 heteroatoms. The number of fused-ring (bicyclic) bond motifs is 3. The Morgan fingerprint density at radius 1 is 0.857 bits per heavy atom. The molecule has 0 aliphatic heterocycles. The summed E-state index contributed by atoms with van der Waals surface area (Å²) in [6.07, 6.45) is 1.47. The number of hydrogen-bond donors (Lipinski definition) is 0. The fourth-order valence-electron chi connectivity index (χ4n) is 3.62. The van der Waals surface area contributed by atoms with Crippen molar-refractivity contribution in [3.63, 3.8) is 0 Å². The predicted molar refractivity (Wildman–Crippen MR) is 114 cm³/mol. The molecule has 28 heavy (non-hydrogen) atoms. The number of aromatic nitrogens is 2. The van der Waals surface area contributed by atoms with E-state index in [1.807, 2.05) is 74.5 Å². The summed E-state index contributed by atoms with van der Waals surface area (Å²) >= 11 is 0. The smallest absolute Gasteiger partial charge is 0.227 e. The summed E-state index contributed by atoms with van der Waals surface area (Å²) < 4.78 is 30.0. The molecule has 0 aliphatic carbocycles. The molecular formula is C25H20N2O. The predicted octanol–water partition coefficient (Wildman–Crippen LogP) is 6.64. The van der Waals surface area contributed by atoms with E-state index in [9.17, 15) is 0 Å². The van der Waals surface area contributed by atoms with Crippen LogP contribution in [-0.2, 0) is 0 Å². The number of aryl methyl sites for hydroxylation is 3. The van der Waals surface area contributed by atoms with Gasteiger partial charge in [-0.2, -0.15) is 0 Å². The Kier molecular flexibility index (Phi) is 3.08. The molecule has 0 bridgehead atoms. The van der Waals surface area contributed by atoms with Crippen molar-refractivity contribution in [1.82, 2.24) is 9.97 Å². The van der Waals surface area contributed by atoms with Crippen LogP contribution in [0, 0.1) is 20.7 Å². The first-order valence-corrected chi connectivity index (χ1v) is 9.18. The molecule has 0 aliphatic rings. The maximum Gasteiger partial charge on any atom is 0.227 e. The Morgan fingerprint density at radius 3 is 2.57 bits per heavy atom. The van der Waals surface area contributed by atoms with Crippen molar-refractivity contribution in [2.24, 2.45) is 0 Å². The minimum atomic E-state index is -2.28. The zero-order chi connectivity index (χ0) is 21.8. The van der Waals surface area contributed by atoms with E-state index in [0.717, 1.165) is 38.9 Å². The van der Waals surface area contributed by atoms with Gasteiger partial charge in [0.25, 0.3) is 0 Å². The molecule has 136 valence electrons. The van der Waals surface area contributed by atoms with Crippen molar-refractivity contribution in [2.75, 3.05) is 0 Å². The van der Waals surface area contributed by atoms with Gasteiger partial charge in [0.2, 0.25) is 5.71 Å². The van der Waals surface area contributed by atoms with Crippen LogP contribution in [0.3, 0.4) is 0 Å². The van der Waals surface area contributed by atoms with Crippen molar-refractivity contribution in [1.29, 1.82) is 0 Å². The molecule has 2 aromatic carbocycles. The zero-order valence-electron chi connectivity index (χ0n) is 18.7. The highest BCUT2D eigenvalue weighted by Crippen LogP contribution is 2.34. The molecule has 0 unspecified atom stereocenters. The van der Waals surface area contributed by atoms with Gasteiger partial charge in [0.05, 0.1) is 5.69 Å². The van der Waals surface area contributed by atoms with Gasteiger partial charge in [0, 0.05) is 32.3 Å². The molecule has 0 N–H and O–H groups in total. The Morgan fingerprint density at radius 2 is 1.71 bits per heavy atom. The number of furan rings is 1. The fraction of sp³-hybridized carbons (Fsp3) is 0.120. The lowest BCUT2D eigenvalue weighted by Crippen LogP contribution is -1.91. The molecule has 0 radical (unpaired) electrons. The van der Waals surface area contributed by atoms with Crippen molar-refractivity contribution in [3.8, 4) is 22.4 Å². The summed E-state index contributed by atoms with van der Waals surface area (Å²) in [5.74, 6) is 0. The molecule has 0 amide bonds. The topological polar surface area (TPSA) is 38.9 Å². The maximum atomic E-state index is 8.01. The minimum Gasteiger partial charge on any atom is -0.438 e. The summed E-state index contributed by atoms with van der Waals surface area (Å²) in [7, 11) is 0. The number of benzene rings is 2. The van der Waals surface area contributed by atoms with Crippen LogP contribution < -0.4 is 0 Å². The first kappa shape index (κ1) is 13.7. The average Bonchev–Trinajstić information content (AvgIpc) is 3.09. The monoisotopic (exact) mass is 367 g/mol. The van der Waals surface area contributed by atoms with Gasteiger partial charge < -0.3 is 4.42 Å². The van der Waals surface area contributed by atoms with Crippen LogP contribution >= 0.6 is 0 Å². The second kappa shape index (κ2) is 6.31. The van der Waals surface area contributed by atoms with E-state index in [1.165, 1.54) is 6.20 Å². The number of rotatable bonds is 2. The van der Waals surface area contributed by atoms with Gasteiger partial charge in [-0.25, -0.2) is 4.98 Å². The zero-order valence-corrected chi connectivity index (χ0v) is 15.7. The molecule has 5 rings (SSSR count). The highest BCUT2D eigenvalue weighted by atomic mass is 16.3. The number of nitrogens with zero attached hydrogens (tertiary/aromatic N) is 2. The Bertz CT molecular complexity index is 1450. The van der Waals surface area contributed by atoms with Crippen molar-refractivity contribution >= 4 is 22.1 Å². The molecule has 3 aromatic heterocycles. The highest BCUT2D eigenvalue weighted by molar-refractivity contribution is 6.04. The van der Waals surface area contributed by atoms with Gasteiger partial charge in [-0.3, -0.25) is 4.98 Å². The standard InChI is InChI=1S/C25H20N2O/c1-15-6-4-5-7-19(15)23-13-22(16(2)14-26-23)18-9-11-20-21-10-8-17(3)27-25(21)28-24(20)12-18/h4-14H,1-3H3/i2D3. The van der Waals surface area contributed by atoms with E-state index in [-0.39, 0.29) is 5.56 Å². The Balaban J connectivity index is 1.74. The van der Waals surface area contributed by atoms with Crippen LogP contribution in [0.15, 0.2) is 71.3 Å². The lowest BCUT2D eigenvalue weighted by molar-refractivity contribution is 0.653. The molecule has 0 saturated carbocycles. The number of pyridine rings is 2. The first-order valence-electron chi connectivity index (χ1n) is 10.7. The van der Waals surface area contributed by atoms with Crippen LogP contribution in [0.2, 0.25) is 0 Å². The van der Waals surface area contributed by atoms with Gasteiger partial charge >= 0.3 is 0 Å². The third-order valence-corrected chi connectivity index (χ3v) is 5.11. The van der Waals surface area contributed by atoms with E-state index in [0.29, 0.717) is 16.9 Å². The van der Waals surface area contributed by atoms with E-state index < -0.39 is 6.85 Å². The SMILES string of the molecule is [2H]C([2H])([2H])c1cnc(-c2ccccc2C)cc1-c1ccc2c(c1)oc1nc(C)ccc12. The van der Waals surface area contributed by atoms with Gasteiger partial charge in [-0.1, -0.05) is 30.3 Å². The summed E-state index contributed by atoms with van der Waals surface area (Å²) in [4.78, 5) is 8.94. The average molecular weight is 367 g/mol. The molecule has 0 atom stereocenters. The highest BCUT2D eigenvalue weighted by Gasteiger charge is 2.12. The van der Waals surface area contributed by atoms with Crippen LogP contribution in [0.25, 0.3) is 44.5 Å². The first-order chi connectivity index (χ1) is 14.8. The fourth-order valence-corrected chi connectivity index (χ4v) is 3.62. The van der Waals surface area contributed by atoms with Crippen molar-refractivity contribution < 1.29 is 8.53 Å². The lowest BCUT2D eigenvalue weighted by atomic mass is 9.97. The molecule has 3 nitrogen and oxygen atoms in total. The van der Waals surface area contributed by atoms with Crippen molar-refractivity contribution in [2.45, 2.75) is 20.7 Å². The normalized spacial score (nSPS) is 13.4. The van der Waals surface area contributed by atoms with Gasteiger partial charge in [-0.15, -0.1) is 0 Å². The third kappa shape index (κ3) is 2.67. The minimum absolute atomic E-state index is 0.217. The second-order valence-corrected chi connectivity index (χ2v) is 7.05. The van der Waals surface area contributed by atoms with Gasteiger partial charge in [0.15, 0.2) is 0 Å². The van der Waals surface area contributed by atoms with Crippen LogP contribution in [0.5, 0.6) is 0 Å². The summed E-state index contributed by atoms with van der Waals surface area (Å²) in [6, 6.07) is 19.5. The largest absolute Gasteiger partial charge is 0.438 e. The van der Waals surface area contributed by atoms with E-state index in [4.69, 9.17) is 8.53 Å². The van der Waals surface area contributed by atoms with Crippen LogP contribution in [0.4, 0.5) is 0 Å².